The van der Waals surface area contributed by atoms with Crippen molar-refractivity contribution in [3.8, 4) is 0 Å². The molecule has 5 heteroatoms. The number of hydrogen-bond donors (Lipinski definition) is 0. The van der Waals surface area contributed by atoms with E-state index in [1.165, 1.54) is 11.7 Å². The van der Waals surface area contributed by atoms with Crippen LogP contribution in [0.3, 0.4) is 0 Å². The van der Waals surface area contributed by atoms with Gasteiger partial charge in [-0.15, -0.1) is 0 Å². The number of methoxy groups -OCH3 is 1. The Bertz CT molecular complexity index is 663. The lowest BCUT2D eigenvalue weighted by Gasteiger charge is -2.21. The average molecular weight is 249 g/mol. The fourth-order valence-electron chi connectivity index (χ4n) is 1.90. The first kappa shape index (κ1) is 12.4. The van der Waals surface area contributed by atoms with Crippen molar-refractivity contribution in [2.45, 2.75) is 19.3 Å². The summed E-state index contributed by atoms with van der Waals surface area (Å²) in [4.78, 5) is 23.1. The number of rotatable bonds is 2. The molecule has 0 bridgehead atoms. The second-order valence-electron chi connectivity index (χ2n) is 4.73. The normalized spacial score (nSPS) is 11.8. The molecule has 2 aromatic rings. The number of fused-ring (bicyclic) bond motifs is 1. The largest absolute Gasteiger partial charge is 0.468 e. The van der Waals surface area contributed by atoms with Gasteiger partial charge in [0, 0.05) is 7.05 Å². The number of benzene rings is 1. The predicted molar refractivity (Wildman–Crippen MR) is 66.5 cm³/mol. The molecule has 0 radical (unpaired) electrons. The summed E-state index contributed by atoms with van der Waals surface area (Å²) in [5, 5.41) is 0. The summed E-state index contributed by atoms with van der Waals surface area (Å²) in [7, 11) is 2.99. The van der Waals surface area contributed by atoms with Gasteiger partial charge in [0.2, 0.25) is 0 Å². The maximum absolute atomic E-state index is 11.7. The Kier molecular flexibility index (Phi) is 2.77. The molecule has 0 atom stereocenters. The van der Waals surface area contributed by atoms with Crippen LogP contribution in [-0.2, 0) is 22.0 Å². The molecule has 96 valence electrons. The van der Waals surface area contributed by atoms with E-state index in [9.17, 15) is 9.59 Å². The second-order valence-corrected chi connectivity index (χ2v) is 4.73. The molecular formula is C13H15NO4. The Morgan fingerprint density at radius 3 is 2.67 bits per heavy atom. The van der Waals surface area contributed by atoms with Crippen molar-refractivity contribution in [3.05, 3.63) is 34.3 Å². The van der Waals surface area contributed by atoms with Crippen molar-refractivity contribution < 1.29 is 13.9 Å². The third-order valence-electron chi connectivity index (χ3n) is 3.21. The lowest BCUT2D eigenvalue weighted by atomic mass is 9.84. The maximum atomic E-state index is 11.7. The Morgan fingerprint density at radius 2 is 2.06 bits per heavy atom. The quantitative estimate of drug-likeness (QED) is 0.758. The SMILES string of the molecule is COC(=O)C(C)(C)c1ccc2c(c1)oc(=O)n2C. The number of nitrogens with zero attached hydrogens (tertiary/aromatic N) is 1. The molecule has 5 nitrogen and oxygen atoms in total. The van der Waals surface area contributed by atoms with E-state index in [0.717, 1.165) is 5.56 Å². The maximum Gasteiger partial charge on any atom is 0.419 e. The van der Waals surface area contributed by atoms with Crippen molar-refractivity contribution in [2.75, 3.05) is 7.11 Å². The lowest BCUT2D eigenvalue weighted by Crippen LogP contribution is -2.30. The van der Waals surface area contributed by atoms with Gasteiger partial charge in [-0.25, -0.2) is 4.79 Å². The fraction of sp³-hybridized carbons (Fsp3) is 0.385. The van der Waals surface area contributed by atoms with Crippen molar-refractivity contribution in [1.29, 1.82) is 0 Å². The molecular weight excluding hydrogens is 234 g/mol. The predicted octanol–water partition coefficient (Wildman–Crippen LogP) is 1.58. The minimum Gasteiger partial charge on any atom is -0.468 e. The molecule has 0 aliphatic carbocycles. The van der Waals surface area contributed by atoms with Crippen LogP contribution in [0.15, 0.2) is 27.4 Å². The third-order valence-corrected chi connectivity index (χ3v) is 3.21. The van der Waals surface area contributed by atoms with Gasteiger partial charge < -0.3 is 9.15 Å². The van der Waals surface area contributed by atoms with Crippen LogP contribution in [0.25, 0.3) is 11.1 Å². The molecule has 1 aromatic heterocycles. The highest BCUT2D eigenvalue weighted by atomic mass is 16.5. The molecule has 0 spiro atoms. The van der Waals surface area contributed by atoms with E-state index in [1.54, 1.807) is 39.1 Å². The van der Waals surface area contributed by atoms with Crippen LogP contribution >= 0.6 is 0 Å². The van der Waals surface area contributed by atoms with Crippen molar-refractivity contribution in [2.24, 2.45) is 7.05 Å². The summed E-state index contributed by atoms with van der Waals surface area (Å²) in [5.74, 6) is -0.752. The first-order chi connectivity index (χ1) is 8.37. The van der Waals surface area contributed by atoms with Crippen LogP contribution in [-0.4, -0.2) is 17.6 Å². The number of carbonyl (C=O) groups is 1. The number of ether oxygens (including phenoxy) is 1. The topological polar surface area (TPSA) is 61.4 Å². The van der Waals surface area contributed by atoms with E-state index < -0.39 is 11.2 Å². The van der Waals surface area contributed by atoms with Crippen molar-refractivity contribution in [1.82, 2.24) is 4.57 Å². The summed E-state index contributed by atoms with van der Waals surface area (Å²) in [6, 6.07) is 5.27. The summed E-state index contributed by atoms with van der Waals surface area (Å²) in [5.41, 5.74) is 1.13. The Balaban J connectivity index is 2.61. The monoisotopic (exact) mass is 249 g/mol. The molecule has 0 unspecified atom stereocenters. The highest BCUT2D eigenvalue weighted by Gasteiger charge is 2.31. The van der Waals surface area contributed by atoms with Gasteiger partial charge in [-0.1, -0.05) is 6.07 Å². The molecule has 0 fully saturated rings. The van der Waals surface area contributed by atoms with Crippen LogP contribution in [0.2, 0.25) is 0 Å². The Hall–Kier alpha value is -2.04. The van der Waals surface area contributed by atoms with Gasteiger partial charge in [0.25, 0.3) is 0 Å². The summed E-state index contributed by atoms with van der Waals surface area (Å²) < 4.78 is 11.3. The molecule has 18 heavy (non-hydrogen) atoms. The zero-order valence-electron chi connectivity index (χ0n) is 10.8. The minimum absolute atomic E-state index is 0.333. The molecule has 1 aromatic carbocycles. The molecule has 1 heterocycles. The van der Waals surface area contributed by atoms with Crippen molar-refractivity contribution in [3.63, 3.8) is 0 Å². The van der Waals surface area contributed by atoms with Gasteiger partial charge >= 0.3 is 11.7 Å². The number of aryl methyl sites for hydroxylation is 1. The standard InChI is InChI=1S/C13H15NO4/c1-13(2,11(15)17-4)8-5-6-9-10(7-8)18-12(16)14(9)3/h5-7H,1-4H3. The van der Waals surface area contributed by atoms with Gasteiger partial charge in [-0.2, -0.15) is 0 Å². The van der Waals surface area contributed by atoms with E-state index in [0.29, 0.717) is 11.1 Å². The van der Waals surface area contributed by atoms with Crippen LogP contribution in [0.5, 0.6) is 0 Å². The minimum atomic E-state index is -0.780. The van der Waals surface area contributed by atoms with Crippen LogP contribution in [0.1, 0.15) is 19.4 Å². The van der Waals surface area contributed by atoms with E-state index >= 15 is 0 Å². The van der Waals surface area contributed by atoms with E-state index in [-0.39, 0.29) is 5.97 Å². The van der Waals surface area contributed by atoms with Gasteiger partial charge in [0.05, 0.1) is 18.0 Å². The van der Waals surface area contributed by atoms with E-state index in [4.69, 9.17) is 9.15 Å². The third kappa shape index (κ3) is 1.72. The van der Waals surface area contributed by atoms with Gasteiger partial charge in [-0.05, 0) is 31.5 Å². The van der Waals surface area contributed by atoms with Crippen molar-refractivity contribution >= 4 is 17.1 Å². The van der Waals surface area contributed by atoms with Gasteiger partial charge in [-0.3, -0.25) is 9.36 Å². The summed E-state index contributed by atoms with van der Waals surface area (Å²) in [6.45, 7) is 3.53. The second kappa shape index (κ2) is 4.01. The number of hydrogen-bond acceptors (Lipinski definition) is 4. The lowest BCUT2D eigenvalue weighted by molar-refractivity contribution is -0.146. The highest BCUT2D eigenvalue weighted by molar-refractivity contribution is 5.84. The Labute approximate surface area is 104 Å². The first-order valence-corrected chi connectivity index (χ1v) is 5.56. The smallest absolute Gasteiger partial charge is 0.419 e. The fourth-order valence-corrected chi connectivity index (χ4v) is 1.90. The molecule has 0 aliphatic heterocycles. The first-order valence-electron chi connectivity index (χ1n) is 5.56. The molecule has 0 N–H and O–H groups in total. The Morgan fingerprint density at radius 1 is 1.39 bits per heavy atom. The van der Waals surface area contributed by atoms with E-state index in [2.05, 4.69) is 0 Å². The molecule has 0 saturated heterocycles. The highest BCUT2D eigenvalue weighted by Crippen LogP contribution is 2.27. The summed E-state index contributed by atoms with van der Waals surface area (Å²) in [6.07, 6.45) is 0. The number of carbonyl (C=O) groups excluding carboxylic acids is 1. The molecule has 0 saturated carbocycles. The summed E-state index contributed by atoms with van der Waals surface area (Å²) >= 11 is 0. The number of esters is 1. The molecule has 2 rings (SSSR count). The van der Waals surface area contributed by atoms with Crippen LogP contribution in [0, 0.1) is 0 Å². The van der Waals surface area contributed by atoms with Crippen LogP contribution in [0.4, 0.5) is 0 Å². The molecule has 0 amide bonds. The van der Waals surface area contributed by atoms with Gasteiger partial charge in [0.1, 0.15) is 0 Å². The van der Waals surface area contributed by atoms with Gasteiger partial charge in [0.15, 0.2) is 5.58 Å². The zero-order chi connectivity index (χ0) is 13.5. The number of aromatic nitrogens is 1. The van der Waals surface area contributed by atoms with Crippen LogP contribution < -0.4 is 5.76 Å². The van der Waals surface area contributed by atoms with E-state index in [1.807, 2.05) is 0 Å². The zero-order valence-corrected chi connectivity index (χ0v) is 10.8. The molecule has 0 aliphatic rings. The average Bonchev–Trinajstić information content (AvgIpc) is 2.63. The number of oxazole rings is 1.